The Morgan fingerprint density at radius 2 is 1.96 bits per heavy atom. The number of rotatable bonds is 8. The third-order valence-corrected chi connectivity index (χ3v) is 4.40. The second-order valence-electron chi connectivity index (χ2n) is 6.43. The average Bonchev–Trinajstić information content (AvgIpc) is 3.11. The quantitative estimate of drug-likeness (QED) is 0.631. The Kier molecular flexibility index (Phi) is 7.31. The van der Waals surface area contributed by atoms with Crippen LogP contribution in [0, 0.1) is 5.92 Å². The molecule has 4 nitrogen and oxygen atoms in total. The summed E-state index contributed by atoms with van der Waals surface area (Å²) in [6.07, 6.45) is 2.76. The van der Waals surface area contributed by atoms with Crippen LogP contribution < -0.4 is 10.1 Å². The number of nitrogens with one attached hydrogen (secondary N) is 1. The van der Waals surface area contributed by atoms with Gasteiger partial charge in [-0.15, -0.1) is 0 Å². The van der Waals surface area contributed by atoms with E-state index in [1.165, 1.54) is 0 Å². The van der Waals surface area contributed by atoms with Crippen LogP contribution in [-0.2, 0) is 0 Å². The van der Waals surface area contributed by atoms with Crippen LogP contribution in [0.5, 0.6) is 5.75 Å². The molecule has 1 heterocycles. The summed E-state index contributed by atoms with van der Waals surface area (Å²) < 4.78 is 11.3. The maximum atomic E-state index is 5.72. The number of benzene rings is 1. The topological polar surface area (TPSA) is 37.6 Å². The largest absolute Gasteiger partial charge is 0.492 e. The lowest BCUT2D eigenvalue weighted by Gasteiger charge is -2.31. The van der Waals surface area contributed by atoms with Gasteiger partial charge in [-0.25, -0.2) is 0 Å². The maximum Gasteiger partial charge on any atom is 0.174 e. The van der Waals surface area contributed by atoms with Gasteiger partial charge in [0, 0.05) is 6.54 Å². The highest BCUT2D eigenvalue weighted by molar-refractivity contribution is 7.80. The van der Waals surface area contributed by atoms with Crippen LogP contribution in [0.1, 0.15) is 45.9 Å². The van der Waals surface area contributed by atoms with Crippen molar-refractivity contribution in [1.29, 1.82) is 0 Å². The molecule has 1 aromatic carbocycles. The molecular formula is C20H28N2O2S. The predicted molar refractivity (Wildman–Crippen MR) is 107 cm³/mol. The fraction of sp³-hybridized carbons (Fsp3) is 0.450. The molecule has 1 atom stereocenters. The minimum atomic E-state index is 0.0630. The molecule has 0 fully saturated rings. The summed E-state index contributed by atoms with van der Waals surface area (Å²) >= 11 is 5.72. The van der Waals surface area contributed by atoms with Gasteiger partial charge in [0.15, 0.2) is 5.11 Å². The standard InChI is InChI=1S/C20H28N2O2S/c1-5-23-19-10-7-6-9-17(19)21-20(25)22(13-12-15(2)3)16(4)18-11-8-14-24-18/h6-11,14-16H,5,12-13H2,1-4H3,(H,21,25)/t16-/m1/s1. The maximum absolute atomic E-state index is 5.72. The smallest absolute Gasteiger partial charge is 0.174 e. The fourth-order valence-corrected chi connectivity index (χ4v) is 2.95. The van der Waals surface area contributed by atoms with Crippen molar-refractivity contribution in [2.75, 3.05) is 18.5 Å². The van der Waals surface area contributed by atoms with Crippen molar-refractivity contribution in [3.8, 4) is 5.75 Å². The zero-order valence-electron chi connectivity index (χ0n) is 15.5. The van der Waals surface area contributed by atoms with E-state index >= 15 is 0 Å². The summed E-state index contributed by atoms with van der Waals surface area (Å²) in [4.78, 5) is 2.18. The van der Waals surface area contributed by atoms with Gasteiger partial charge in [0.1, 0.15) is 11.5 Å². The van der Waals surface area contributed by atoms with Crippen molar-refractivity contribution in [2.24, 2.45) is 5.92 Å². The third kappa shape index (κ3) is 5.49. The Balaban J connectivity index is 2.17. The van der Waals surface area contributed by atoms with Gasteiger partial charge in [0.2, 0.25) is 0 Å². The van der Waals surface area contributed by atoms with E-state index in [1.807, 2.05) is 43.3 Å². The summed E-state index contributed by atoms with van der Waals surface area (Å²) in [7, 11) is 0. The van der Waals surface area contributed by atoms with Gasteiger partial charge >= 0.3 is 0 Å². The summed E-state index contributed by atoms with van der Waals surface area (Å²) in [5.74, 6) is 2.32. The summed E-state index contributed by atoms with van der Waals surface area (Å²) in [5.41, 5.74) is 0.885. The average molecular weight is 361 g/mol. The number of furan rings is 1. The van der Waals surface area contributed by atoms with E-state index in [2.05, 4.69) is 31.0 Å². The molecule has 5 heteroatoms. The lowest BCUT2D eigenvalue weighted by molar-refractivity contribution is 0.281. The Morgan fingerprint density at radius 1 is 1.20 bits per heavy atom. The highest BCUT2D eigenvalue weighted by atomic mass is 32.1. The molecule has 0 radical (unpaired) electrons. The van der Waals surface area contributed by atoms with Gasteiger partial charge in [-0.3, -0.25) is 0 Å². The third-order valence-electron chi connectivity index (χ3n) is 4.06. The minimum absolute atomic E-state index is 0.0630. The second-order valence-corrected chi connectivity index (χ2v) is 6.81. The van der Waals surface area contributed by atoms with E-state index in [0.29, 0.717) is 17.6 Å². The molecule has 0 bridgehead atoms. The first-order valence-corrected chi connectivity index (χ1v) is 9.26. The van der Waals surface area contributed by atoms with Crippen LogP contribution in [0.3, 0.4) is 0 Å². The van der Waals surface area contributed by atoms with Crippen molar-refractivity contribution < 1.29 is 9.15 Å². The minimum Gasteiger partial charge on any atom is -0.492 e. The van der Waals surface area contributed by atoms with Crippen LogP contribution in [0.4, 0.5) is 5.69 Å². The van der Waals surface area contributed by atoms with Crippen LogP contribution in [0.25, 0.3) is 0 Å². The van der Waals surface area contributed by atoms with E-state index in [1.54, 1.807) is 6.26 Å². The van der Waals surface area contributed by atoms with Crippen molar-refractivity contribution >= 4 is 23.0 Å². The molecular weight excluding hydrogens is 332 g/mol. The van der Waals surface area contributed by atoms with Gasteiger partial charge in [-0.2, -0.15) is 0 Å². The summed E-state index contributed by atoms with van der Waals surface area (Å²) in [5, 5.41) is 4.03. The molecule has 0 spiro atoms. The highest BCUT2D eigenvalue weighted by Crippen LogP contribution is 2.27. The number of para-hydroxylation sites is 2. The van der Waals surface area contributed by atoms with E-state index in [0.717, 1.165) is 30.2 Å². The number of hydrogen-bond acceptors (Lipinski definition) is 3. The first-order valence-electron chi connectivity index (χ1n) is 8.85. The van der Waals surface area contributed by atoms with Gasteiger partial charge in [-0.05, 0) is 62.7 Å². The van der Waals surface area contributed by atoms with Crippen molar-refractivity contribution in [3.05, 3.63) is 48.4 Å². The van der Waals surface area contributed by atoms with Crippen LogP contribution in [-0.4, -0.2) is 23.2 Å². The van der Waals surface area contributed by atoms with Crippen LogP contribution in [0.2, 0.25) is 0 Å². The molecule has 0 aliphatic carbocycles. The van der Waals surface area contributed by atoms with Gasteiger partial charge in [0.05, 0.1) is 24.6 Å². The van der Waals surface area contributed by atoms with Gasteiger partial charge in [0.25, 0.3) is 0 Å². The van der Waals surface area contributed by atoms with Gasteiger partial charge < -0.3 is 19.4 Å². The number of thiocarbonyl (C=S) groups is 1. The molecule has 1 aromatic heterocycles. The fourth-order valence-electron chi connectivity index (χ4n) is 2.59. The number of ether oxygens (including phenoxy) is 1. The molecule has 0 saturated carbocycles. The SMILES string of the molecule is CCOc1ccccc1NC(=S)N(CCC(C)C)[C@H](C)c1ccco1. The molecule has 0 saturated heterocycles. The lowest BCUT2D eigenvalue weighted by Crippen LogP contribution is -2.38. The Morgan fingerprint density at radius 3 is 2.60 bits per heavy atom. The molecule has 2 aromatic rings. The molecule has 0 amide bonds. The van der Waals surface area contributed by atoms with Gasteiger partial charge in [-0.1, -0.05) is 26.0 Å². The molecule has 136 valence electrons. The molecule has 1 N–H and O–H groups in total. The molecule has 0 unspecified atom stereocenters. The first kappa shape index (κ1) is 19.3. The normalized spacial score (nSPS) is 12.0. The molecule has 25 heavy (non-hydrogen) atoms. The Labute approximate surface area is 156 Å². The van der Waals surface area contributed by atoms with Crippen LogP contribution in [0.15, 0.2) is 47.1 Å². The predicted octanol–water partition coefficient (Wildman–Crippen LogP) is 5.48. The molecule has 0 aliphatic rings. The molecule has 0 aliphatic heterocycles. The number of hydrogen-bond donors (Lipinski definition) is 1. The Hall–Kier alpha value is -2.01. The first-order chi connectivity index (χ1) is 12.0. The van der Waals surface area contributed by atoms with Crippen molar-refractivity contribution in [3.63, 3.8) is 0 Å². The van der Waals surface area contributed by atoms with Crippen LogP contribution >= 0.6 is 12.2 Å². The van der Waals surface area contributed by atoms with Crippen molar-refractivity contribution in [2.45, 2.75) is 40.2 Å². The summed E-state index contributed by atoms with van der Waals surface area (Å²) in [6, 6.07) is 11.8. The monoisotopic (exact) mass is 360 g/mol. The van der Waals surface area contributed by atoms with E-state index < -0.39 is 0 Å². The van der Waals surface area contributed by atoms with E-state index in [9.17, 15) is 0 Å². The van der Waals surface area contributed by atoms with Crippen molar-refractivity contribution in [1.82, 2.24) is 4.90 Å². The molecule has 2 rings (SSSR count). The Bertz CT molecular complexity index is 655. The zero-order valence-corrected chi connectivity index (χ0v) is 16.3. The van der Waals surface area contributed by atoms with E-state index in [4.69, 9.17) is 21.4 Å². The zero-order chi connectivity index (χ0) is 18.2. The highest BCUT2D eigenvalue weighted by Gasteiger charge is 2.21. The lowest BCUT2D eigenvalue weighted by atomic mass is 10.1. The second kappa shape index (κ2) is 9.47. The number of anilines is 1. The number of nitrogens with zero attached hydrogens (tertiary/aromatic N) is 1. The van der Waals surface area contributed by atoms with E-state index in [-0.39, 0.29) is 6.04 Å². The summed E-state index contributed by atoms with van der Waals surface area (Å²) in [6.45, 7) is 10.0.